The lowest BCUT2D eigenvalue weighted by Crippen LogP contribution is -2.34. The number of carboxylic acid groups (broad SMARTS) is 1. The zero-order valence-corrected chi connectivity index (χ0v) is 14.0. The summed E-state index contributed by atoms with van der Waals surface area (Å²) in [7, 11) is 0. The second-order valence-corrected chi connectivity index (χ2v) is 7.64. The summed E-state index contributed by atoms with van der Waals surface area (Å²) < 4.78 is 0. The van der Waals surface area contributed by atoms with Crippen LogP contribution in [0.4, 0.5) is 0 Å². The molecule has 1 fully saturated rings. The van der Waals surface area contributed by atoms with Gasteiger partial charge in [0.05, 0.1) is 5.41 Å². The normalized spacial score (nSPS) is 21.1. The van der Waals surface area contributed by atoms with Gasteiger partial charge in [0, 0.05) is 41.2 Å². The minimum Gasteiger partial charge on any atom is -0.481 e. The molecule has 0 aliphatic carbocycles. The number of carboxylic acids is 1. The van der Waals surface area contributed by atoms with E-state index in [0.29, 0.717) is 18.5 Å². The van der Waals surface area contributed by atoms with E-state index in [1.54, 1.807) is 23.2 Å². The minimum atomic E-state index is -0.872. The molecule has 1 unspecified atom stereocenters. The number of ketones is 1. The van der Waals surface area contributed by atoms with Gasteiger partial charge in [-0.05, 0) is 33.3 Å². The molecular formula is C16H21NO4S. The van der Waals surface area contributed by atoms with Gasteiger partial charge in [-0.1, -0.05) is 0 Å². The van der Waals surface area contributed by atoms with Crippen LogP contribution in [-0.2, 0) is 9.59 Å². The number of amides is 1. The summed E-state index contributed by atoms with van der Waals surface area (Å²) in [5, 5.41) is 9.18. The summed E-state index contributed by atoms with van der Waals surface area (Å²) in [5.74, 6) is -1.03. The molecule has 1 aliphatic heterocycles. The number of thiophene rings is 1. The first kappa shape index (κ1) is 16.7. The van der Waals surface area contributed by atoms with Crippen LogP contribution in [0.3, 0.4) is 0 Å². The van der Waals surface area contributed by atoms with Crippen LogP contribution in [0.1, 0.15) is 46.3 Å². The monoisotopic (exact) mass is 323 g/mol. The zero-order chi connectivity index (χ0) is 16.5. The fourth-order valence-corrected chi connectivity index (χ4v) is 3.71. The van der Waals surface area contributed by atoms with Gasteiger partial charge >= 0.3 is 5.97 Å². The van der Waals surface area contributed by atoms with Crippen molar-refractivity contribution in [1.82, 2.24) is 4.90 Å². The minimum absolute atomic E-state index is 0.0182. The Balaban J connectivity index is 1.90. The van der Waals surface area contributed by atoms with Gasteiger partial charge in [-0.25, -0.2) is 0 Å². The molecule has 1 atom stereocenters. The van der Waals surface area contributed by atoms with Gasteiger partial charge in [0.25, 0.3) is 0 Å². The predicted molar refractivity (Wildman–Crippen MR) is 84.3 cm³/mol. The largest absolute Gasteiger partial charge is 0.481 e. The number of rotatable bonds is 5. The van der Waals surface area contributed by atoms with Gasteiger partial charge in [0.15, 0.2) is 5.78 Å². The van der Waals surface area contributed by atoms with Gasteiger partial charge in [-0.15, -0.1) is 11.3 Å². The van der Waals surface area contributed by atoms with E-state index in [2.05, 4.69) is 0 Å². The average molecular weight is 323 g/mol. The highest BCUT2D eigenvalue weighted by Gasteiger charge is 2.41. The van der Waals surface area contributed by atoms with Gasteiger partial charge in [0.1, 0.15) is 0 Å². The molecule has 1 saturated heterocycles. The van der Waals surface area contributed by atoms with Crippen molar-refractivity contribution in [1.29, 1.82) is 0 Å². The average Bonchev–Trinajstić information content (AvgIpc) is 3.00. The summed E-state index contributed by atoms with van der Waals surface area (Å²) in [5.41, 5.74) is -0.159. The Kier molecular flexibility index (Phi) is 4.70. The molecule has 6 heteroatoms. The second-order valence-electron chi connectivity index (χ2n) is 6.18. The smallest absolute Gasteiger partial charge is 0.311 e. The SMILES string of the molecule is Cc1cc(C(=O)CCC(=O)N2CCC(C)(C(=O)O)C2)c(C)s1. The highest BCUT2D eigenvalue weighted by molar-refractivity contribution is 7.12. The van der Waals surface area contributed by atoms with Crippen molar-refractivity contribution in [2.45, 2.75) is 40.0 Å². The molecule has 0 radical (unpaired) electrons. The molecule has 1 N–H and O–H groups in total. The van der Waals surface area contributed by atoms with Crippen LogP contribution in [0, 0.1) is 19.3 Å². The number of carbonyl (C=O) groups excluding carboxylic acids is 2. The molecule has 2 rings (SSSR count). The Morgan fingerprint density at radius 3 is 2.50 bits per heavy atom. The third-order valence-electron chi connectivity index (χ3n) is 4.25. The van der Waals surface area contributed by atoms with Crippen LogP contribution in [-0.4, -0.2) is 40.8 Å². The van der Waals surface area contributed by atoms with Crippen molar-refractivity contribution < 1.29 is 19.5 Å². The van der Waals surface area contributed by atoms with Crippen molar-refractivity contribution in [3.05, 3.63) is 21.4 Å². The lowest BCUT2D eigenvalue weighted by molar-refractivity contribution is -0.147. The highest BCUT2D eigenvalue weighted by atomic mass is 32.1. The summed E-state index contributed by atoms with van der Waals surface area (Å²) in [6.07, 6.45) is 0.782. The van der Waals surface area contributed by atoms with Crippen LogP contribution in [0.25, 0.3) is 0 Å². The third kappa shape index (κ3) is 3.38. The number of aryl methyl sites for hydroxylation is 2. The first-order chi connectivity index (χ1) is 10.2. The van der Waals surface area contributed by atoms with E-state index >= 15 is 0 Å². The van der Waals surface area contributed by atoms with Gasteiger partial charge < -0.3 is 10.0 Å². The molecule has 0 bridgehead atoms. The van der Waals surface area contributed by atoms with Gasteiger partial charge in [-0.3, -0.25) is 14.4 Å². The summed E-state index contributed by atoms with van der Waals surface area (Å²) in [6, 6.07) is 1.87. The van der Waals surface area contributed by atoms with Crippen molar-refractivity contribution >= 4 is 29.0 Å². The first-order valence-corrected chi connectivity index (χ1v) is 8.16. The Labute approximate surface area is 133 Å². The number of likely N-dealkylation sites (tertiary alicyclic amines) is 1. The van der Waals surface area contributed by atoms with Crippen LogP contribution >= 0.6 is 11.3 Å². The van der Waals surface area contributed by atoms with E-state index in [0.717, 1.165) is 9.75 Å². The molecular weight excluding hydrogens is 302 g/mol. The number of aliphatic carboxylic acids is 1. The fraction of sp³-hybridized carbons (Fsp3) is 0.562. The molecule has 0 saturated carbocycles. The molecule has 1 aliphatic rings. The van der Waals surface area contributed by atoms with Gasteiger partial charge in [-0.2, -0.15) is 0 Å². The molecule has 22 heavy (non-hydrogen) atoms. The van der Waals surface area contributed by atoms with E-state index in [9.17, 15) is 19.5 Å². The highest BCUT2D eigenvalue weighted by Crippen LogP contribution is 2.30. The molecule has 0 spiro atoms. The lowest BCUT2D eigenvalue weighted by atomic mass is 9.90. The number of nitrogens with zero attached hydrogens (tertiary/aromatic N) is 1. The number of Topliss-reactive ketones (excluding diaryl/α,β-unsaturated/α-hetero) is 1. The van der Waals surface area contributed by atoms with E-state index < -0.39 is 11.4 Å². The molecule has 5 nitrogen and oxygen atoms in total. The van der Waals surface area contributed by atoms with E-state index in [-0.39, 0.29) is 31.1 Å². The first-order valence-electron chi connectivity index (χ1n) is 7.34. The number of hydrogen-bond donors (Lipinski definition) is 1. The summed E-state index contributed by atoms with van der Waals surface area (Å²) in [4.78, 5) is 39.2. The van der Waals surface area contributed by atoms with Crippen molar-refractivity contribution in [2.24, 2.45) is 5.41 Å². The van der Waals surface area contributed by atoms with Crippen molar-refractivity contribution in [3.63, 3.8) is 0 Å². The lowest BCUT2D eigenvalue weighted by Gasteiger charge is -2.20. The molecule has 1 aromatic heterocycles. The molecule has 2 heterocycles. The Hall–Kier alpha value is -1.69. The molecule has 1 aromatic rings. The summed E-state index contributed by atoms with van der Waals surface area (Å²) in [6.45, 7) is 6.20. The quantitative estimate of drug-likeness (QED) is 0.845. The van der Waals surface area contributed by atoms with Crippen LogP contribution < -0.4 is 0 Å². The Bertz CT molecular complexity index is 622. The molecule has 120 valence electrons. The van der Waals surface area contributed by atoms with Crippen LogP contribution in [0.15, 0.2) is 6.07 Å². The second kappa shape index (κ2) is 6.20. The predicted octanol–water partition coefficient (Wildman–Crippen LogP) is 2.65. The van der Waals surface area contributed by atoms with Crippen LogP contribution in [0.2, 0.25) is 0 Å². The van der Waals surface area contributed by atoms with Crippen LogP contribution in [0.5, 0.6) is 0 Å². The van der Waals surface area contributed by atoms with E-state index in [4.69, 9.17) is 0 Å². The van der Waals surface area contributed by atoms with Gasteiger partial charge in [0.2, 0.25) is 5.91 Å². The fourth-order valence-electron chi connectivity index (χ4n) is 2.77. The topological polar surface area (TPSA) is 74.7 Å². The maximum atomic E-state index is 12.2. The Morgan fingerprint density at radius 1 is 1.32 bits per heavy atom. The van der Waals surface area contributed by atoms with E-state index in [1.807, 2.05) is 19.9 Å². The molecule has 1 amide bonds. The molecule has 0 aromatic carbocycles. The maximum absolute atomic E-state index is 12.2. The van der Waals surface area contributed by atoms with Crippen molar-refractivity contribution in [3.8, 4) is 0 Å². The Morgan fingerprint density at radius 2 is 2.00 bits per heavy atom. The van der Waals surface area contributed by atoms with E-state index in [1.165, 1.54) is 0 Å². The number of hydrogen-bond acceptors (Lipinski definition) is 4. The zero-order valence-electron chi connectivity index (χ0n) is 13.1. The third-order valence-corrected chi connectivity index (χ3v) is 5.22. The maximum Gasteiger partial charge on any atom is 0.311 e. The summed E-state index contributed by atoms with van der Waals surface area (Å²) >= 11 is 1.58. The van der Waals surface area contributed by atoms with Crippen molar-refractivity contribution in [2.75, 3.05) is 13.1 Å². The number of carbonyl (C=O) groups is 3. The standard InChI is InChI=1S/C16H21NO4S/c1-10-8-12(11(2)22-10)13(18)4-5-14(19)17-7-6-16(3,9-17)15(20)21/h8H,4-7,9H2,1-3H3,(H,20,21).